The van der Waals surface area contributed by atoms with Crippen LogP contribution < -0.4 is 17.0 Å². The molecule has 0 unspecified atom stereocenters. The number of rotatable bonds is 3. The van der Waals surface area contributed by atoms with Gasteiger partial charge in [-0.15, -0.1) is 0 Å². The van der Waals surface area contributed by atoms with E-state index in [2.05, 4.69) is 15.0 Å². The van der Waals surface area contributed by atoms with Gasteiger partial charge in [-0.1, -0.05) is 13.3 Å². The Morgan fingerprint density at radius 1 is 1.53 bits per heavy atom. The molecule has 1 heterocycles. The SMILES string of the molecule is CCCc1c(C)nc(N=C(N)N)[nH]c1=O. The van der Waals surface area contributed by atoms with Crippen LogP contribution in [0.2, 0.25) is 0 Å². The van der Waals surface area contributed by atoms with Crippen LogP contribution in [0.3, 0.4) is 0 Å². The van der Waals surface area contributed by atoms with E-state index >= 15 is 0 Å². The summed E-state index contributed by atoms with van der Waals surface area (Å²) >= 11 is 0. The highest BCUT2D eigenvalue weighted by atomic mass is 16.1. The quantitative estimate of drug-likeness (QED) is 0.478. The van der Waals surface area contributed by atoms with Crippen LogP contribution in [0.25, 0.3) is 0 Å². The van der Waals surface area contributed by atoms with Crippen molar-refractivity contribution in [1.29, 1.82) is 0 Å². The molecule has 0 saturated heterocycles. The minimum Gasteiger partial charge on any atom is -0.370 e. The fourth-order valence-electron chi connectivity index (χ4n) is 1.32. The topological polar surface area (TPSA) is 110 Å². The molecule has 0 aliphatic carbocycles. The minimum absolute atomic E-state index is 0.124. The molecule has 0 radical (unpaired) electrons. The molecule has 1 aromatic heterocycles. The van der Waals surface area contributed by atoms with Gasteiger partial charge in [0.1, 0.15) is 0 Å². The summed E-state index contributed by atoms with van der Waals surface area (Å²) in [6.07, 6.45) is 1.60. The molecule has 0 atom stereocenters. The van der Waals surface area contributed by atoms with Crippen molar-refractivity contribution in [3.05, 3.63) is 21.6 Å². The first kappa shape index (κ1) is 11.2. The lowest BCUT2D eigenvalue weighted by molar-refractivity contribution is 0.865. The summed E-state index contributed by atoms with van der Waals surface area (Å²) in [5.41, 5.74) is 11.6. The van der Waals surface area contributed by atoms with Crippen LogP contribution in [-0.4, -0.2) is 15.9 Å². The summed E-state index contributed by atoms with van der Waals surface area (Å²) in [6.45, 7) is 3.77. The van der Waals surface area contributed by atoms with Crippen LogP contribution in [0.1, 0.15) is 24.6 Å². The third-order valence-corrected chi connectivity index (χ3v) is 1.94. The average molecular weight is 209 g/mol. The molecule has 0 spiro atoms. The van der Waals surface area contributed by atoms with Crippen LogP contribution in [-0.2, 0) is 6.42 Å². The van der Waals surface area contributed by atoms with Crippen molar-refractivity contribution < 1.29 is 0 Å². The van der Waals surface area contributed by atoms with Crippen LogP contribution in [0.15, 0.2) is 9.79 Å². The van der Waals surface area contributed by atoms with Gasteiger partial charge in [-0.05, 0) is 13.3 Å². The molecule has 1 aromatic rings. The van der Waals surface area contributed by atoms with E-state index in [1.165, 1.54) is 0 Å². The van der Waals surface area contributed by atoms with E-state index in [0.29, 0.717) is 17.7 Å². The molecule has 1 rings (SSSR count). The predicted octanol–water partition coefficient (Wildman–Crippen LogP) is -0.0643. The van der Waals surface area contributed by atoms with E-state index in [0.717, 1.165) is 6.42 Å². The third-order valence-electron chi connectivity index (χ3n) is 1.94. The fraction of sp³-hybridized carbons (Fsp3) is 0.444. The van der Waals surface area contributed by atoms with Gasteiger partial charge in [-0.2, -0.15) is 4.99 Å². The summed E-state index contributed by atoms with van der Waals surface area (Å²) in [6, 6.07) is 0. The standard InChI is InChI=1S/C9H15N5O/c1-3-4-6-5(2)12-9(13-7(6)15)14-8(10)11/h3-4H2,1-2H3,(H5,10,11,12,13,14,15). The molecule has 6 heteroatoms. The number of nitrogens with one attached hydrogen (secondary N) is 1. The van der Waals surface area contributed by atoms with E-state index in [9.17, 15) is 4.79 Å². The van der Waals surface area contributed by atoms with Gasteiger partial charge in [0.2, 0.25) is 5.95 Å². The molecular weight excluding hydrogens is 194 g/mol. The van der Waals surface area contributed by atoms with E-state index in [1.54, 1.807) is 6.92 Å². The molecule has 0 aromatic carbocycles. The van der Waals surface area contributed by atoms with E-state index in [-0.39, 0.29) is 17.5 Å². The van der Waals surface area contributed by atoms with Crippen LogP contribution in [0.5, 0.6) is 0 Å². The molecule has 0 aliphatic heterocycles. The highest BCUT2D eigenvalue weighted by Gasteiger charge is 2.06. The lowest BCUT2D eigenvalue weighted by Crippen LogP contribution is -2.23. The van der Waals surface area contributed by atoms with Crippen LogP contribution in [0, 0.1) is 6.92 Å². The van der Waals surface area contributed by atoms with Crippen molar-refractivity contribution >= 4 is 11.9 Å². The van der Waals surface area contributed by atoms with Crippen molar-refractivity contribution in [2.45, 2.75) is 26.7 Å². The number of nitrogens with zero attached hydrogens (tertiary/aromatic N) is 2. The van der Waals surface area contributed by atoms with E-state index in [1.807, 2.05) is 6.92 Å². The molecule has 5 N–H and O–H groups in total. The maximum absolute atomic E-state index is 11.6. The number of aromatic amines is 1. The zero-order valence-corrected chi connectivity index (χ0v) is 8.87. The fourth-order valence-corrected chi connectivity index (χ4v) is 1.32. The normalized spacial score (nSPS) is 10.0. The molecular formula is C9H15N5O. The predicted molar refractivity (Wildman–Crippen MR) is 59.1 cm³/mol. The summed E-state index contributed by atoms with van der Waals surface area (Å²) in [7, 11) is 0. The van der Waals surface area contributed by atoms with Gasteiger partial charge in [-0.25, -0.2) is 4.98 Å². The maximum Gasteiger partial charge on any atom is 0.255 e. The van der Waals surface area contributed by atoms with Gasteiger partial charge in [0, 0.05) is 5.56 Å². The second kappa shape index (κ2) is 4.59. The second-order valence-electron chi connectivity index (χ2n) is 3.24. The molecule has 0 aliphatic rings. The number of H-pyrrole nitrogens is 1. The van der Waals surface area contributed by atoms with E-state index < -0.39 is 0 Å². The van der Waals surface area contributed by atoms with Gasteiger partial charge in [0.05, 0.1) is 5.69 Å². The first-order valence-corrected chi connectivity index (χ1v) is 4.74. The zero-order chi connectivity index (χ0) is 11.4. The summed E-state index contributed by atoms with van der Waals surface area (Å²) < 4.78 is 0. The number of hydrogen-bond donors (Lipinski definition) is 3. The third kappa shape index (κ3) is 2.80. The summed E-state index contributed by atoms with van der Waals surface area (Å²) in [5.74, 6) is 0.0261. The number of aryl methyl sites for hydroxylation is 1. The molecule has 0 bridgehead atoms. The molecule has 6 nitrogen and oxygen atoms in total. The van der Waals surface area contributed by atoms with Crippen molar-refractivity contribution in [3.8, 4) is 0 Å². The van der Waals surface area contributed by atoms with E-state index in [4.69, 9.17) is 11.5 Å². The van der Waals surface area contributed by atoms with Crippen molar-refractivity contribution in [2.75, 3.05) is 0 Å². The van der Waals surface area contributed by atoms with Gasteiger partial charge < -0.3 is 11.5 Å². The first-order chi connectivity index (χ1) is 7.04. The lowest BCUT2D eigenvalue weighted by Gasteiger charge is -2.03. The van der Waals surface area contributed by atoms with Crippen LogP contribution >= 0.6 is 0 Å². The molecule has 15 heavy (non-hydrogen) atoms. The lowest BCUT2D eigenvalue weighted by atomic mass is 10.1. The minimum atomic E-state index is -0.177. The zero-order valence-electron chi connectivity index (χ0n) is 8.87. The van der Waals surface area contributed by atoms with Gasteiger partial charge in [-0.3, -0.25) is 9.78 Å². The first-order valence-electron chi connectivity index (χ1n) is 4.74. The summed E-state index contributed by atoms with van der Waals surface area (Å²) in [5, 5.41) is 0. The molecule has 0 fully saturated rings. The smallest absolute Gasteiger partial charge is 0.255 e. The highest BCUT2D eigenvalue weighted by molar-refractivity contribution is 5.77. The number of guanidine groups is 1. The van der Waals surface area contributed by atoms with Crippen LogP contribution in [0.4, 0.5) is 5.95 Å². The Hall–Kier alpha value is -1.85. The molecule has 0 amide bonds. The number of nitrogens with two attached hydrogens (primary N) is 2. The molecule has 82 valence electrons. The Morgan fingerprint density at radius 3 is 2.67 bits per heavy atom. The van der Waals surface area contributed by atoms with Crippen molar-refractivity contribution in [1.82, 2.24) is 9.97 Å². The number of aromatic nitrogens is 2. The van der Waals surface area contributed by atoms with Crippen molar-refractivity contribution in [3.63, 3.8) is 0 Å². The number of hydrogen-bond acceptors (Lipinski definition) is 3. The number of aliphatic imine (C=N–C) groups is 1. The Labute approximate surface area is 87.4 Å². The Bertz CT molecular complexity index is 431. The van der Waals surface area contributed by atoms with Crippen molar-refractivity contribution in [2.24, 2.45) is 16.5 Å². The maximum atomic E-state index is 11.6. The summed E-state index contributed by atoms with van der Waals surface area (Å²) in [4.78, 5) is 21.9. The molecule has 0 saturated carbocycles. The highest BCUT2D eigenvalue weighted by Crippen LogP contribution is 2.06. The largest absolute Gasteiger partial charge is 0.370 e. The monoisotopic (exact) mass is 209 g/mol. The second-order valence-corrected chi connectivity index (χ2v) is 3.24. The van der Waals surface area contributed by atoms with Gasteiger partial charge in [0.15, 0.2) is 5.96 Å². The Kier molecular flexibility index (Phi) is 3.43. The van der Waals surface area contributed by atoms with Gasteiger partial charge >= 0.3 is 0 Å². The van der Waals surface area contributed by atoms with Gasteiger partial charge in [0.25, 0.3) is 5.56 Å². The average Bonchev–Trinajstić information content (AvgIpc) is 2.10. The Morgan fingerprint density at radius 2 is 2.20 bits per heavy atom. The Balaban J connectivity index is 3.20.